The minimum Gasteiger partial charge on any atom is -0.496 e. The summed E-state index contributed by atoms with van der Waals surface area (Å²) >= 11 is 0. The van der Waals surface area contributed by atoms with Crippen LogP contribution in [0.2, 0.25) is 0 Å². The van der Waals surface area contributed by atoms with E-state index in [0.717, 1.165) is 12.8 Å². The Morgan fingerprint density at radius 3 is 2.26 bits per heavy atom. The van der Waals surface area contributed by atoms with Crippen molar-refractivity contribution in [2.45, 2.75) is 39.7 Å². The van der Waals surface area contributed by atoms with Gasteiger partial charge >= 0.3 is 0 Å². The molecule has 146 valence electrons. The molecular weight excluding hydrogens is 344 g/mol. The minimum atomic E-state index is -0.433. The number of hydrogen-bond acceptors (Lipinski definition) is 5. The van der Waals surface area contributed by atoms with E-state index in [0.29, 0.717) is 23.7 Å². The van der Waals surface area contributed by atoms with Crippen molar-refractivity contribution in [3.8, 4) is 11.5 Å². The number of methoxy groups -OCH3 is 2. The number of hydrogen-bond donors (Lipinski definition) is 0. The Morgan fingerprint density at radius 2 is 1.74 bits per heavy atom. The number of carbonyl (C=O) groups is 2. The van der Waals surface area contributed by atoms with Gasteiger partial charge in [-0.1, -0.05) is 33.3 Å². The highest BCUT2D eigenvalue weighted by molar-refractivity contribution is 6.24. The van der Waals surface area contributed by atoms with Crippen molar-refractivity contribution in [3.63, 3.8) is 0 Å². The van der Waals surface area contributed by atoms with Crippen molar-refractivity contribution in [2.24, 2.45) is 5.41 Å². The highest BCUT2D eigenvalue weighted by Gasteiger charge is 2.37. The van der Waals surface area contributed by atoms with Crippen molar-refractivity contribution >= 4 is 11.6 Å². The van der Waals surface area contributed by atoms with Crippen LogP contribution in [0, 0.1) is 5.41 Å². The molecule has 1 aromatic carbocycles. The van der Waals surface area contributed by atoms with Gasteiger partial charge in [-0.2, -0.15) is 0 Å². The van der Waals surface area contributed by atoms with E-state index < -0.39 is 11.5 Å². The molecule has 0 heterocycles. The number of rotatable bonds is 9. The van der Waals surface area contributed by atoms with Crippen molar-refractivity contribution in [2.75, 3.05) is 20.8 Å². The standard InChI is InChI=1S/C22H28O5/c1-7-9-12-27-21(22(3,4)8-2)14-13-17(25-5)18-15(23)10-11-16(24)19(18)20(14)26-6/h8,10-11,13,21H,2,7,9,12H2,1,3-6H3. The molecule has 27 heavy (non-hydrogen) atoms. The lowest BCUT2D eigenvalue weighted by Gasteiger charge is -2.34. The lowest BCUT2D eigenvalue weighted by molar-refractivity contribution is -0.0102. The molecule has 2 rings (SSSR count). The summed E-state index contributed by atoms with van der Waals surface area (Å²) in [5.41, 5.74) is 0.695. The topological polar surface area (TPSA) is 61.8 Å². The monoisotopic (exact) mass is 372 g/mol. The summed E-state index contributed by atoms with van der Waals surface area (Å²) in [6, 6.07) is 1.74. The molecule has 0 fully saturated rings. The third kappa shape index (κ3) is 3.98. The fourth-order valence-electron chi connectivity index (χ4n) is 3.19. The molecule has 1 aliphatic carbocycles. The van der Waals surface area contributed by atoms with Gasteiger partial charge in [-0.25, -0.2) is 0 Å². The molecule has 0 aromatic heterocycles. The van der Waals surface area contributed by atoms with Crippen LogP contribution in [0.3, 0.4) is 0 Å². The summed E-state index contributed by atoms with van der Waals surface area (Å²) < 4.78 is 17.3. The maximum atomic E-state index is 12.6. The van der Waals surface area contributed by atoms with Crippen molar-refractivity contribution in [1.29, 1.82) is 0 Å². The van der Waals surface area contributed by atoms with Gasteiger partial charge < -0.3 is 14.2 Å². The first-order chi connectivity index (χ1) is 12.8. The molecular formula is C22H28O5. The zero-order valence-corrected chi connectivity index (χ0v) is 16.8. The van der Waals surface area contributed by atoms with E-state index in [1.54, 1.807) is 6.07 Å². The molecule has 5 nitrogen and oxygen atoms in total. The fraction of sp³-hybridized carbons (Fsp3) is 0.455. The van der Waals surface area contributed by atoms with Crippen LogP contribution in [-0.4, -0.2) is 32.4 Å². The average molecular weight is 372 g/mol. The van der Waals surface area contributed by atoms with Crippen molar-refractivity contribution in [3.05, 3.63) is 47.6 Å². The van der Waals surface area contributed by atoms with Crippen LogP contribution in [0.5, 0.6) is 11.5 Å². The molecule has 0 aliphatic heterocycles. The van der Waals surface area contributed by atoms with Gasteiger partial charge in [0.25, 0.3) is 0 Å². The quantitative estimate of drug-likeness (QED) is 0.464. The maximum absolute atomic E-state index is 12.6. The van der Waals surface area contributed by atoms with Crippen LogP contribution in [0.25, 0.3) is 0 Å². The largest absolute Gasteiger partial charge is 0.496 e. The third-order valence-corrected chi connectivity index (χ3v) is 4.84. The highest BCUT2D eigenvalue weighted by atomic mass is 16.5. The van der Waals surface area contributed by atoms with Crippen LogP contribution in [-0.2, 0) is 4.74 Å². The predicted molar refractivity (Wildman–Crippen MR) is 105 cm³/mol. The molecule has 0 spiro atoms. The second-order valence-electron chi connectivity index (χ2n) is 7.14. The van der Waals surface area contributed by atoms with E-state index in [1.165, 1.54) is 26.4 Å². The Bertz CT molecular complexity index is 773. The first kappa shape index (κ1) is 20.9. The van der Waals surface area contributed by atoms with Gasteiger partial charge in [-0.15, -0.1) is 6.58 Å². The molecule has 1 aromatic rings. The summed E-state index contributed by atoms with van der Waals surface area (Å²) in [6.07, 6.45) is 5.85. The number of unbranched alkanes of at least 4 members (excludes halogenated alkanes) is 1. The van der Waals surface area contributed by atoms with Gasteiger partial charge in [0.15, 0.2) is 11.6 Å². The van der Waals surface area contributed by atoms with Crippen LogP contribution in [0.4, 0.5) is 0 Å². The fourth-order valence-corrected chi connectivity index (χ4v) is 3.19. The van der Waals surface area contributed by atoms with E-state index in [2.05, 4.69) is 13.5 Å². The first-order valence-electron chi connectivity index (χ1n) is 9.13. The molecule has 0 radical (unpaired) electrons. The Hall–Kier alpha value is -2.40. The van der Waals surface area contributed by atoms with Gasteiger partial charge in [-0.3, -0.25) is 9.59 Å². The molecule has 0 saturated heterocycles. The smallest absolute Gasteiger partial charge is 0.190 e. The van der Waals surface area contributed by atoms with Gasteiger partial charge in [0, 0.05) is 17.6 Å². The molecule has 5 heteroatoms. The van der Waals surface area contributed by atoms with Gasteiger partial charge in [0.1, 0.15) is 11.5 Å². The lowest BCUT2D eigenvalue weighted by atomic mass is 9.80. The number of ketones is 2. The zero-order valence-electron chi connectivity index (χ0n) is 16.8. The summed E-state index contributed by atoms with van der Waals surface area (Å²) in [6.45, 7) is 10.6. The summed E-state index contributed by atoms with van der Waals surface area (Å²) in [5.74, 6) is 0.125. The second-order valence-corrected chi connectivity index (χ2v) is 7.14. The summed E-state index contributed by atoms with van der Waals surface area (Å²) in [4.78, 5) is 25.0. The predicted octanol–water partition coefficient (Wildman–Crippen LogP) is 4.71. The van der Waals surface area contributed by atoms with E-state index in [-0.39, 0.29) is 22.7 Å². The normalized spacial score (nSPS) is 14.7. The van der Waals surface area contributed by atoms with E-state index in [9.17, 15) is 9.59 Å². The molecule has 1 aliphatic rings. The molecule has 0 bridgehead atoms. The zero-order chi connectivity index (χ0) is 20.2. The summed E-state index contributed by atoms with van der Waals surface area (Å²) in [5, 5.41) is 0. The number of carbonyl (C=O) groups excluding carboxylic acids is 2. The molecule has 1 unspecified atom stereocenters. The van der Waals surface area contributed by atoms with E-state index in [1.807, 2.05) is 19.9 Å². The van der Waals surface area contributed by atoms with Gasteiger partial charge in [0.05, 0.1) is 31.5 Å². The minimum absolute atomic E-state index is 0.225. The Labute approximate surface area is 161 Å². The molecule has 0 amide bonds. The summed E-state index contributed by atoms with van der Waals surface area (Å²) in [7, 11) is 2.97. The molecule has 0 N–H and O–H groups in total. The molecule has 0 saturated carbocycles. The van der Waals surface area contributed by atoms with Crippen LogP contribution in [0.15, 0.2) is 30.9 Å². The van der Waals surface area contributed by atoms with Crippen LogP contribution in [0.1, 0.15) is 66.0 Å². The second kappa shape index (κ2) is 8.53. The van der Waals surface area contributed by atoms with Crippen LogP contribution < -0.4 is 9.47 Å². The van der Waals surface area contributed by atoms with Gasteiger partial charge in [-0.05, 0) is 24.6 Å². The number of allylic oxidation sites excluding steroid dienone is 2. The Kier molecular flexibility index (Phi) is 6.60. The van der Waals surface area contributed by atoms with Gasteiger partial charge in [0.2, 0.25) is 0 Å². The number of fused-ring (bicyclic) bond motifs is 1. The molecule has 1 atom stereocenters. The van der Waals surface area contributed by atoms with Crippen LogP contribution >= 0.6 is 0 Å². The maximum Gasteiger partial charge on any atom is 0.190 e. The Morgan fingerprint density at radius 1 is 1.11 bits per heavy atom. The first-order valence-corrected chi connectivity index (χ1v) is 9.13. The van der Waals surface area contributed by atoms with E-state index >= 15 is 0 Å². The van der Waals surface area contributed by atoms with Crippen molar-refractivity contribution < 1.29 is 23.8 Å². The SMILES string of the molecule is C=CC(C)(C)C(OCCCC)c1cc(OC)c2c(c1OC)C(=O)C=CC2=O. The van der Waals surface area contributed by atoms with E-state index in [4.69, 9.17) is 14.2 Å². The van der Waals surface area contributed by atoms with Crippen molar-refractivity contribution in [1.82, 2.24) is 0 Å². The highest BCUT2D eigenvalue weighted by Crippen LogP contribution is 2.46. The Balaban J connectivity index is 2.73. The number of ether oxygens (including phenoxy) is 3. The number of benzene rings is 1. The third-order valence-electron chi connectivity index (χ3n) is 4.84. The lowest BCUT2D eigenvalue weighted by Crippen LogP contribution is -2.25. The average Bonchev–Trinajstić information content (AvgIpc) is 2.66.